The molecule has 0 spiro atoms. The van der Waals surface area contributed by atoms with Gasteiger partial charge in [0.15, 0.2) is 0 Å². The lowest BCUT2D eigenvalue weighted by molar-refractivity contribution is -0.199. The highest BCUT2D eigenvalue weighted by molar-refractivity contribution is 5.71. The molecule has 2 saturated carbocycles. The Bertz CT molecular complexity index is 1420. The molecule has 0 saturated heterocycles. The molecule has 0 aliphatic heterocycles. The van der Waals surface area contributed by atoms with Gasteiger partial charge in [-0.1, -0.05) is 57.7 Å². The largest absolute Gasteiger partial charge is 0.462 e. The van der Waals surface area contributed by atoms with Crippen LogP contribution in [-0.2, 0) is 38.1 Å². The van der Waals surface area contributed by atoms with E-state index in [2.05, 4.69) is 6.58 Å². The third-order valence-corrected chi connectivity index (χ3v) is 10.8. The number of ether oxygens (including phenoxy) is 4. The van der Waals surface area contributed by atoms with E-state index in [1.54, 1.807) is 0 Å². The maximum absolute atomic E-state index is 13.5. The van der Waals surface area contributed by atoms with Crippen molar-refractivity contribution >= 4 is 23.9 Å². The summed E-state index contributed by atoms with van der Waals surface area (Å²) in [7, 11) is 3.82. The summed E-state index contributed by atoms with van der Waals surface area (Å²) in [5.41, 5.74) is 1.05. The number of aliphatic hydroxyl groups is 1. The van der Waals surface area contributed by atoms with Crippen LogP contribution in [0.1, 0.15) is 85.8 Å². The van der Waals surface area contributed by atoms with Gasteiger partial charge < -0.3 is 29.0 Å². The van der Waals surface area contributed by atoms with Crippen molar-refractivity contribution in [2.75, 3.05) is 14.1 Å². The van der Waals surface area contributed by atoms with Crippen LogP contribution >= 0.6 is 0 Å². The molecule has 1 aromatic carbocycles. The van der Waals surface area contributed by atoms with Crippen molar-refractivity contribution < 1.29 is 43.2 Å². The first kappa shape index (κ1) is 36.3. The average molecular weight is 654 g/mol. The Morgan fingerprint density at radius 2 is 1.53 bits per heavy atom. The summed E-state index contributed by atoms with van der Waals surface area (Å²) in [5, 5.41) is 12.2. The number of carbonyl (C=O) groups is 4. The van der Waals surface area contributed by atoms with E-state index < -0.39 is 77.1 Å². The van der Waals surface area contributed by atoms with E-state index in [1.807, 2.05) is 77.0 Å². The van der Waals surface area contributed by atoms with Gasteiger partial charge in [-0.2, -0.15) is 0 Å². The van der Waals surface area contributed by atoms with Gasteiger partial charge in [0.25, 0.3) is 0 Å². The molecule has 10 heteroatoms. The number of benzene rings is 1. The van der Waals surface area contributed by atoms with Crippen molar-refractivity contribution in [2.24, 2.45) is 22.7 Å². The lowest BCUT2D eigenvalue weighted by atomic mass is 9.49. The van der Waals surface area contributed by atoms with Crippen LogP contribution in [0.4, 0.5) is 0 Å². The smallest absolute Gasteiger partial charge is 0.308 e. The fourth-order valence-electron chi connectivity index (χ4n) is 8.63. The lowest BCUT2D eigenvalue weighted by Crippen LogP contribution is -2.63. The molecule has 2 fully saturated rings. The first-order valence-electron chi connectivity index (χ1n) is 16.4. The van der Waals surface area contributed by atoms with Crippen molar-refractivity contribution in [2.45, 2.75) is 111 Å². The highest BCUT2D eigenvalue weighted by atomic mass is 16.6. The monoisotopic (exact) mass is 653 g/mol. The molecule has 3 aliphatic rings. The summed E-state index contributed by atoms with van der Waals surface area (Å²) in [6.07, 6.45) is -3.35. The van der Waals surface area contributed by atoms with Crippen molar-refractivity contribution in [1.82, 2.24) is 4.90 Å². The van der Waals surface area contributed by atoms with E-state index >= 15 is 0 Å². The number of nitrogens with zero attached hydrogens (tertiary/aromatic N) is 1. The van der Waals surface area contributed by atoms with Gasteiger partial charge in [0.05, 0.1) is 6.42 Å². The number of fused-ring (bicyclic) bond motifs is 3. The summed E-state index contributed by atoms with van der Waals surface area (Å²) >= 11 is 0. The number of rotatable bonds is 8. The number of esters is 4. The van der Waals surface area contributed by atoms with Crippen LogP contribution in [0.5, 0.6) is 0 Å². The third-order valence-electron chi connectivity index (χ3n) is 10.8. The van der Waals surface area contributed by atoms with Gasteiger partial charge in [-0.15, -0.1) is 0 Å². The summed E-state index contributed by atoms with van der Waals surface area (Å²) < 4.78 is 24.1. The zero-order valence-electron chi connectivity index (χ0n) is 29.2. The second-order valence-corrected chi connectivity index (χ2v) is 14.5. The Morgan fingerprint density at radius 1 is 0.936 bits per heavy atom. The molecule has 3 aliphatic carbocycles. The van der Waals surface area contributed by atoms with E-state index in [4.69, 9.17) is 18.9 Å². The number of carbonyl (C=O) groups excluding carboxylic acids is 4. The summed E-state index contributed by atoms with van der Waals surface area (Å²) in [6, 6.07) is 9.52. The Labute approximate surface area is 278 Å². The Balaban J connectivity index is 1.80. The van der Waals surface area contributed by atoms with Crippen molar-refractivity contribution in [1.29, 1.82) is 0 Å². The van der Waals surface area contributed by atoms with Crippen LogP contribution in [0.25, 0.3) is 0 Å². The van der Waals surface area contributed by atoms with Gasteiger partial charge in [-0.25, -0.2) is 0 Å². The highest BCUT2D eigenvalue weighted by Gasteiger charge is 2.63. The molecule has 4 rings (SSSR count). The zero-order valence-corrected chi connectivity index (χ0v) is 29.2. The highest BCUT2D eigenvalue weighted by Crippen LogP contribution is 2.60. The van der Waals surface area contributed by atoms with Gasteiger partial charge in [0, 0.05) is 44.1 Å². The molecular weight excluding hydrogens is 602 g/mol. The Hall–Kier alpha value is -3.50. The molecule has 1 aromatic rings. The Kier molecular flexibility index (Phi) is 10.8. The van der Waals surface area contributed by atoms with E-state index in [9.17, 15) is 24.3 Å². The molecule has 2 bridgehead atoms. The number of hydrogen-bond acceptors (Lipinski definition) is 10. The minimum atomic E-state index is -1.25. The first-order chi connectivity index (χ1) is 21.9. The number of hydrogen-bond donors (Lipinski definition) is 1. The molecule has 0 unspecified atom stereocenters. The maximum Gasteiger partial charge on any atom is 0.308 e. The first-order valence-corrected chi connectivity index (χ1v) is 16.4. The molecule has 47 heavy (non-hydrogen) atoms. The summed E-state index contributed by atoms with van der Waals surface area (Å²) in [6.45, 7) is 16.1. The third kappa shape index (κ3) is 7.18. The zero-order chi connectivity index (χ0) is 35.0. The van der Waals surface area contributed by atoms with E-state index in [1.165, 1.54) is 20.8 Å². The van der Waals surface area contributed by atoms with E-state index in [0.717, 1.165) is 5.56 Å². The van der Waals surface area contributed by atoms with Crippen LogP contribution in [0.15, 0.2) is 53.6 Å². The van der Waals surface area contributed by atoms with Crippen molar-refractivity contribution in [3.8, 4) is 0 Å². The summed E-state index contributed by atoms with van der Waals surface area (Å²) in [4.78, 5) is 53.2. The van der Waals surface area contributed by atoms with Crippen LogP contribution in [0, 0.1) is 22.7 Å². The van der Waals surface area contributed by atoms with Crippen LogP contribution in [-0.4, -0.2) is 78.5 Å². The van der Waals surface area contributed by atoms with Crippen LogP contribution in [0.3, 0.4) is 0 Å². The van der Waals surface area contributed by atoms with Crippen molar-refractivity contribution in [3.05, 3.63) is 59.2 Å². The normalized spacial score (nSPS) is 32.3. The van der Waals surface area contributed by atoms with Gasteiger partial charge in [0.1, 0.15) is 30.5 Å². The second-order valence-electron chi connectivity index (χ2n) is 14.5. The standard InChI is InChI=1S/C37H51NO9/c1-20-28(47-30(42)19-27(38(9)10)25-14-12-11-13-15-25)16-17-37(8)32(20)34(45-23(4)40)26-18-29(44-22(3)39)21(2)31(36(26,6)7)33(43)35(37)46-24(5)41/h11-15,26-29,32-35,43H,1,16-19H2,2-10H3/t26-,27+,28-,29-,32-,33+,34+,35-,37+/m0/s1. The van der Waals surface area contributed by atoms with Gasteiger partial charge in [-0.05, 0) is 68.0 Å². The predicted molar refractivity (Wildman–Crippen MR) is 175 cm³/mol. The molecule has 0 aromatic heterocycles. The second kappa shape index (κ2) is 13.9. The molecule has 10 nitrogen and oxygen atoms in total. The van der Waals surface area contributed by atoms with E-state index in [0.29, 0.717) is 36.0 Å². The molecular formula is C37H51NO9. The maximum atomic E-state index is 13.5. The fourth-order valence-corrected chi connectivity index (χ4v) is 8.63. The quantitative estimate of drug-likeness (QED) is 0.230. The topological polar surface area (TPSA) is 129 Å². The minimum Gasteiger partial charge on any atom is -0.462 e. The van der Waals surface area contributed by atoms with Gasteiger partial charge in [-0.3, -0.25) is 19.2 Å². The van der Waals surface area contributed by atoms with Gasteiger partial charge >= 0.3 is 23.9 Å². The predicted octanol–water partition coefficient (Wildman–Crippen LogP) is 5.10. The average Bonchev–Trinajstić information content (AvgIpc) is 2.96. The molecule has 0 amide bonds. The van der Waals surface area contributed by atoms with Crippen LogP contribution in [0.2, 0.25) is 0 Å². The number of aliphatic hydroxyl groups excluding tert-OH is 1. The molecule has 1 N–H and O–H groups in total. The van der Waals surface area contributed by atoms with E-state index in [-0.39, 0.29) is 12.5 Å². The minimum absolute atomic E-state index is 0.109. The SMILES string of the molecule is C=C1[C@@H](OC(=O)C[C@H](c2ccccc2)N(C)C)CC[C@@]2(C)[C@@H](OC(C)=O)[C@H](O)C3=C(C)[C@@H](OC(C)=O)C[C@@H]([C@@H](OC(C)=O)[C@H]12)C3(C)C. The molecule has 9 atom stereocenters. The van der Waals surface area contributed by atoms with Crippen molar-refractivity contribution in [3.63, 3.8) is 0 Å². The Morgan fingerprint density at radius 3 is 2.09 bits per heavy atom. The molecule has 0 radical (unpaired) electrons. The fraction of sp³-hybridized carbons (Fsp3) is 0.622. The van der Waals surface area contributed by atoms with Gasteiger partial charge in [0.2, 0.25) is 0 Å². The summed E-state index contributed by atoms with van der Waals surface area (Å²) in [5.74, 6) is -3.09. The molecule has 0 heterocycles. The van der Waals surface area contributed by atoms with Crippen LogP contribution < -0.4 is 0 Å². The lowest BCUT2D eigenvalue weighted by Gasteiger charge is -2.59. The molecule has 258 valence electrons.